The van der Waals surface area contributed by atoms with Crippen molar-refractivity contribution in [1.29, 1.82) is 0 Å². The van der Waals surface area contributed by atoms with Gasteiger partial charge in [-0.15, -0.1) is 0 Å². The van der Waals surface area contributed by atoms with Crippen LogP contribution in [0.15, 0.2) is 0 Å². The van der Waals surface area contributed by atoms with Crippen molar-refractivity contribution in [2.24, 2.45) is 11.3 Å². The molecular formula is C19H35N3O3. The summed E-state index contributed by atoms with van der Waals surface area (Å²) in [7, 11) is 0. The zero-order valence-electron chi connectivity index (χ0n) is 15.9. The molecule has 2 saturated heterocycles. The smallest absolute Gasteiger partial charge is 0.304 e. The van der Waals surface area contributed by atoms with Gasteiger partial charge in [0, 0.05) is 25.7 Å². The molecule has 0 bridgehead atoms. The number of carbonyl (C=O) groups is 2. The number of amides is 1. The average molecular weight is 354 g/mol. The number of carboxylic acid groups (broad SMARTS) is 1. The van der Waals surface area contributed by atoms with Crippen molar-refractivity contribution in [2.45, 2.75) is 64.8 Å². The number of nitrogens with one attached hydrogen (secondary N) is 2. The minimum Gasteiger partial charge on any atom is -0.481 e. The Balaban J connectivity index is 1.80. The van der Waals surface area contributed by atoms with Gasteiger partial charge in [0.15, 0.2) is 0 Å². The van der Waals surface area contributed by atoms with Gasteiger partial charge in [-0.1, -0.05) is 33.1 Å². The van der Waals surface area contributed by atoms with E-state index in [1.165, 1.54) is 25.7 Å². The number of hydrogen-bond donors (Lipinski definition) is 3. The summed E-state index contributed by atoms with van der Waals surface area (Å²) < 4.78 is 0. The second-order valence-electron chi connectivity index (χ2n) is 7.91. The molecule has 6 heteroatoms. The molecule has 144 valence electrons. The summed E-state index contributed by atoms with van der Waals surface area (Å²) in [4.78, 5) is 26.6. The Morgan fingerprint density at radius 1 is 1.24 bits per heavy atom. The second kappa shape index (κ2) is 9.53. The van der Waals surface area contributed by atoms with E-state index in [4.69, 9.17) is 0 Å². The Kier molecular flexibility index (Phi) is 7.69. The lowest BCUT2D eigenvalue weighted by molar-refractivity contribution is -0.146. The Bertz CT molecular complexity index is 449. The molecule has 0 aromatic carbocycles. The van der Waals surface area contributed by atoms with Gasteiger partial charge in [-0.3, -0.25) is 9.59 Å². The monoisotopic (exact) mass is 353 g/mol. The molecule has 0 aliphatic carbocycles. The summed E-state index contributed by atoms with van der Waals surface area (Å²) in [6, 6.07) is 0.179. The molecule has 6 nitrogen and oxygen atoms in total. The first kappa shape index (κ1) is 20.2. The average Bonchev–Trinajstić information content (AvgIpc) is 2.94. The molecule has 2 heterocycles. The van der Waals surface area contributed by atoms with Gasteiger partial charge in [0.05, 0.1) is 11.8 Å². The van der Waals surface area contributed by atoms with Crippen LogP contribution in [-0.4, -0.2) is 60.6 Å². The molecular weight excluding hydrogens is 318 g/mol. The largest absolute Gasteiger partial charge is 0.481 e. The van der Waals surface area contributed by atoms with Crippen molar-refractivity contribution >= 4 is 11.9 Å². The zero-order valence-corrected chi connectivity index (χ0v) is 15.9. The maximum atomic E-state index is 12.9. The summed E-state index contributed by atoms with van der Waals surface area (Å²) in [5.41, 5.74) is -0.802. The van der Waals surface area contributed by atoms with Crippen LogP contribution in [0, 0.1) is 11.3 Å². The SMILES string of the molecule is CCCCCCN1CCC(NC(=O)[C@@]2(CC(=O)O)CNC[C@@H]2C)CC1. The normalized spacial score (nSPS) is 28.2. The molecule has 2 fully saturated rings. The standard InChI is InChI=1S/C19H35N3O3/c1-3-4-5-6-9-22-10-7-16(8-11-22)21-18(25)19(12-17(23)24)14-20-13-15(19)2/h15-16,20H,3-14H2,1-2H3,(H,21,25)(H,23,24)/t15-,19-/m0/s1. The summed E-state index contributed by atoms with van der Waals surface area (Å²) >= 11 is 0. The first-order valence-electron chi connectivity index (χ1n) is 9.93. The van der Waals surface area contributed by atoms with Crippen molar-refractivity contribution in [3.05, 3.63) is 0 Å². The molecule has 0 aromatic heterocycles. The number of carbonyl (C=O) groups excluding carboxylic acids is 1. The first-order valence-corrected chi connectivity index (χ1v) is 9.93. The van der Waals surface area contributed by atoms with Crippen LogP contribution >= 0.6 is 0 Å². The van der Waals surface area contributed by atoms with Crippen LogP contribution in [0.5, 0.6) is 0 Å². The van der Waals surface area contributed by atoms with Gasteiger partial charge in [0.2, 0.25) is 5.91 Å². The van der Waals surface area contributed by atoms with Crippen molar-refractivity contribution in [2.75, 3.05) is 32.7 Å². The number of nitrogens with zero attached hydrogens (tertiary/aromatic N) is 1. The summed E-state index contributed by atoms with van der Waals surface area (Å²) in [5, 5.41) is 15.6. The highest BCUT2D eigenvalue weighted by molar-refractivity contribution is 5.88. The van der Waals surface area contributed by atoms with Gasteiger partial charge >= 0.3 is 5.97 Å². The molecule has 0 radical (unpaired) electrons. The number of hydrogen-bond acceptors (Lipinski definition) is 4. The van der Waals surface area contributed by atoms with Crippen molar-refractivity contribution < 1.29 is 14.7 Å². The van der Waals surface area contributed by atoms with Crippen molar-refractivity contribution in [3.8, 4) is 0 Å². The van der Waals surface area contributed by atoms with Crippen LogP contribution < -0.4 is 10.6 Å². The zero-order chi connectivity index (χ0) is 18.3. The molecule has 0 spiro atoms. The molecule has 2 rings (SSSR count). The first-order chi connectivity index (χ1) is 12.0. The maximum absolute atomic E-state index is 12.9. The highest BCUT2D eigenvalue weighted by atomic mass is 16.4. The fourth-order valence-electron chi connectivity index (χ4n) is 4.16. The van der Waals surface area contributed by atoms with Crippen LogP contribution in [0.4, 0.5) is 0 Å². The van der Waals surface area contributed by atoms with E-state index in [1.54, 1.807) is 0 Å². The molecule has 2 aliphatic heterocycles. The third-order valence-corrected chi connectivity index (χ3v) is 6.00. The molecule has 0 aromatic rings. The lowest BCUT2D eigenvalue weighted by Gasteiger charge is -2.36. The van der Waals surface area contributed by atoms with Crippen LogP contribution in [0.25, 0.3) is 0 Å². The highest BCUT2D eigenvalue weighted by Crippen LogP contribution is 2.35. The van der Waals surface area contributed by atoms with Crippen molar-refractivity contribution in [1.82, 2.24) is 15.5 Å². The van der Waals surface area contributed by atoms with Crippen LogP contribution in [0.1, 0.15) is 58.8 Å². The van der Waals surface area contributed by atoms with E-state index in [-0.39, 0.29) is 24.3 Å². The van der Waals surface area contributed by atoms with E-state index >= 15 is 0 Å². The maximum Gasteiger partial charge on any atom is 0.304 e. The Morgan fingerprint density at radius 2 is 1.96 bits per heavy atom. The number of piperidine rings is 1. The lowest BCUT2D eigenvalue weighted by atomic mass is 9.75. The van der Waals surface area contributed by atoms with E-state index in [0.29, 0.717) is 13.1 Å². The number of unbranched alkanes of at least 4 members (excludes halogenated alkanes) is 3. The number of carboxylic acids is 1. The van der Waals surface area contributed by atoms with E-state index in [0.717, 1.165) is 32.5 Å². The Hall–Kier alpha value is -1.14. The van der Waals surface area contributed by atoms with Gasteiger partial charge in [-0.2, -0.15) is 0 Å². The van der Waals surface area contributed by atoms with E-state index in [1.807, 2.05) is 6.92 Å². The van der Waals surface area contributed by atoms with Gasteiger partial charge < -0.3 is 20.6 Å². The van der Waals surface area contributed by atoms with E-state index in [2.05, 4.69) is 22.5 Å². The van der Waals surface area contributed by atoms with Crippen LogP contribution in [0.2, 0.25) is 0 Å². The molecule has 3 N–H and O–H groups in total. The Morgan fingerprint density at radius 3 is 2.52 bits per heavy atom. The predicted molar refractivity (Wildman–Crippen MR) is 98.5 cm³/mol. The highest BCUT2D eigenvalue weighted by Gasteiger charge is 2.48. The second-order valence-corrected chi connectivity index (χ2v) is 7.91. The Labute approximate surface area is 151 Å². The fraction of sp³-hybridized carbons (Fsp3) is 0.895. The summed E-state index contributed by atoms with van der Waals surface area (Å²) in [6.45, 7) is 8.57. The molecule has 2 aliphatic rings. The van der Waals surface area contributed by atoms with Gasteiger partial charge in [0.25, 0.3) is 0 Å². The minimum atomic E-state index is -0.896. The molecule has 1 amide bonds. The summed E-state index contributed by atoms with van der Waals surface area (Å²) in [6.07, 6.45) is 6.97. The number of rotatable bonds is 9. The van der Waals surface area contributed by atoms with Gasteiger partial charge in [0.1, 0.15) is 0 Å². The van der Waals surface area contributed by atoms with E-state index < -0.39 is 11.4 Å². The van der Waals surface area contributed by atoms with Gasteiger partial charge in [-0.25, -0.2) is 0 Å². The third kappa shape index (κ3) is 5.42. The predicted octanol–water partition coefficient (Wildman–Crippen LogP) is 1.85. The molecule has 0 saturated carbocycles. The topological polar surface area (TPSA) is 81.7 Å². The number of likely N-dealkylation sites (tertiary alicyclic amines) is 1. The summed E-state index contributed by atoms with van der Waals surface area (Å²) in [5.74, 6) is -0.927. The third-order valence-electron chi connectivity index (χ3n) is 6.00. The number of aliphatic carboxylic acids is 1. The van der Waals surface area contributed by atoms with Crippen LogP contribution in [0.3, 0.4) is 0 Å². The van der Waals surface area contributed by atoms with Gasteiger partial charge in [-0.05, 0) is 38.3 Å². The lowest BCUT2D eigenvalue weighted by Crippen LogP contribution is -2.52. The molecule has 0 unspecified atom stereocenters. The quantitative estimate of drug-likeness (QED) is 0.551. The molecule has 2 atom stereocenters. The van der Waals surface area contributed by atoms with E-state index in [9.17, 15) is 14.7 Å². The van der Waals surface area contributed by atoms with Crippen molar-refractivity contribution in [3.63, 3.8) is 0 Å². The minimum absolute atomic E-state index is 0.0438. The van der Waals surface area contributed by atoms with Crippen LogP contribution in [-0.2, 0) is 9.59 Å². The fourth-order valence-corrected chi connectivity index (χ4v) is 4.16. The molecule has 25 heavy (non-hydrogen) atoms.